The summed E-state index contributed by atoms with van der Waals surface area (Å²) in [5.41, 5.74) is 0. The summed E-state index contributed by atoms with van der Waals surface area (Å²) in [6.07, 6.45) is 4.17. The average Bonchev–Trinajstić information content (AvgIpc) is 2.15. The normalized spacial score (nSPS) is 31.1. The molecule has 14 heavy (non-hydrogen) atoms. The lowest BCUT2D eigenvalue weighted by molar-refractivity contribution is -0.156. The largest absolute Gasteiger partial charge is 0.481 e. The molecule has 0 aromatic rings. The number of rotatable bonds is 2. The van der Waals surface area contributed by atoms with E-state index >= 15 is 0 Å². The van der Waals surface area contributed by atoms with E-state index < -0.39 is 23.8 Å². The van der Waals surface area contributed by atoms with Crippen molar-refractivity contribution in [3.63, 3.8) is 0 Å². The Kier molecular flexibility index (Phi) is 3.28. The van der Waals surface area contributed by atoms with Gasteiger partial charge in [0.2, 0.25) is 0 Å². The fourth-order valence-electron chi connectivity index (χ4n) is 1.82. The molecule has 3 unspecified atom stereocenters. The molecule has 1 aliphatic carbocycles. The van der Waals surface area contributed by atoms with Gasteiger partial charge >= 0.3 is 11.9 Å². The van der Waals surface area contributed by atoms with Gasteiger partial charge in [0.1, 0.15) is 0 Å². The highest BCUT2D eigenvalue weighted by Gasteiger charge is 2.38. The molecule has 0 aliphatic heterocycles. The van der Waals surface area contributed by atoms with Crippen LogP contribution in [-0.4, -0.2) is 24.2 Å². The van der Waals surface area contributed by atoms with Gasteiger partial charge in [-0.2, -0.15) is 0 Å². The lowest BCUT2D eigenvalue weighted by Crippen LogP contribution is -2.35. The Balaban J connectivity index is 2.89. The Morgan fingerprint density at radius 2 is 2.14 bits per heavy atom. The van der Waals surface area contributed by atoms with Crippen LogP contribution in [0.15, 0.2) is 12.2 Å². The number of carbonyl (C=O) groups excluding carboxylic acids is 1. The Morgan fingerprint density at radius 3 is 2.64 bits per heavy atom. The third-order valence-electron chi connectivity index (χ3n) is 2.61. The Hall–Kier alpha value is -1.32. The molecule has 4 heteroatoms. The van der Waals surface area contributed by atoms with Crippen molar-refractivity contribution in [2.45, 2.75) is 13.3 Å². The van der Waals surface area contributed by atoms with Crippen molar-refractivity contribution in [2.75, 3.05) is 7.11 Å². The maximum absolute atomic E-state index is 11.3. The molecule has 0 saturated carbocycles. The smallest absolute Gasteiger partial charge is 0.313 e. The maximum atomic E-state index is 11.3. The highest BCUT2D eigenvalue weighted by Crippen LogP contribution is 2.31. The molecule has 4 nitrogen and oxygen atoms in total. The van der Waals surface area contributed by atoms with Crippen molar-refractivity contribution in [1.29, 1.82) is 0 Å². The van der Waals surface area contributed by atoms with Crippen LogP contribution in [-0.2, 0) is 14.3 Å². The van der Waals surface area contributed by atoms with E-state index in [0.717, 1.165) is 0 Å². The lowest BCUT2D eigenvalue weighted by atomic mass is 9.77. The number of hydrogen-bond acceptors (Lipinski definition) is 3. The van der Waals surface area contributed by atoms with Crippen molar-refractivity contribution in [1.82, 2.24) is 0 Å². The number of ether oxygens (including phenoxy) is 1. The first kappa shape index (κ1) is 10.8. The quantitative estimate of drug-likeness (QED) is 0.532. The summed E-state index contributed by atoms with van der Waals surface area (Å²) in [5, 5.41) is 8.98. The van der Waals surface area contributed by atoms with Gasteiger partial charge in [0.05, 0.1) is 18.9 Å². The average molecular weight is 198 g/mol. The standard InChI is InChI=1S/C10H14O4/c1-6-4-3-5-7(10(13)14-2)8(6)9(11)12/h3,5-8H,4H2,1-2H3,(H,11,12). The van der Waals surface area contributed by atoms with Gasteiger partial charge in [0.25, 0.3) is 0 Å². The molecule has 0 heterocycles. The van der Waals surface area contributed by atoms with Crippen molar-refractivity contribution >= 4 is 11.9 Å². The number of carbonyl (C=O) groups is 2. The van der Waals surface area contributed by atoms with Crippen LogP contribution < -0.4 is 0 Å². The van der Waals surface area contributed by atoms with Crippen LogP contribution in [0.2, 0.25) is 0 Å². The zero-order valence-electron chi connectivity index (χ0n) is 8.27. The molecule has 0 saturated heterocycles. The van der Waals surface area contributed by atoms with E-state index in [2.05, 4.69) is 4.74 Å². The highest BCUT2D eigenvalue weighted by atomic mass is 16.5. The van der Waals surface area contributed by atoms with Crippen LogP contribution >= 0.6 is 0 Å². The van der Waals surface area contributed by atoms with E-state index in [0.29, 0.717) is 6.42 Å². The minimum absolute atomic E-state index is 0.0263. The van der Waals surface area contributed by atoms with Crippen LogP contribution in [0, 0.1) is 17.8 Å². The first-order valence-corrected chi connectivity index (χ1v) is 4.55. The van der Waals surface area contributed by atoms with Crippen LogP contribution in [0.3, 0.4) is 0 Å². The first-order valence-electron chi connectivity index (χ1n) is 4.55. The second kappa shape index (κ2) is 4.26. The van der Waals surface area contributed by atoms with Crippen LogP contribution in [0.25, 0.3) is 0 Å². The van der Waals surface area contributed by atoms with Crippen LogP contribution in [0.5, 0.6) is 0 Å². The summed E-state index contributed by atoms with van der Waals surface area (Å²) in [6.45, 7) is 1.83. The molecule has 0 bridgehead atoms. The van der Waals surface area contributed by atoms with Crippen LogP contribution in [0.4, 0.5) is 0 Å². The molecule has 78 valence electrons. The molecule has 0 amide bonds. The fraction of sp³-hybridized carbons (Fsp3) is 0.600. The Labute approximate surface area is 82.6 Å². The van der Waals surface area contributed by atoms with E-state index in [1.807, 2.05) is 13.0 Å². The lowest BCUT2D eigenvalue weighted by Gasteiger charge is -2.27. The SMILES string of the molecule is COC(=O)C1C=CCC(C)C1C(=O)O. The van der Waals surface area contributed by atoms with Crippen LogP contribution in [0.1, 0.15) is 13.3 Å². The second-order valence-electron chi connectivity index (χ2n) is 3.55. The minimum Gasteiger partial charge on any atom is -0.481 e. The number of hydrogen-bond donors (Lipinski definition) is 1. The summed E-state index contributed by atoms with van der Waals surface area (Å²) >= 11 is 0. The molecule has 3 atom stereocenters. The number of methoxy groups -OCH3 is 1. The molecule has 0 spiro atoms. The molecular weight excluding hydrogens is 184 g/mol. The number of aliphatic carboxylic acids is 1. The van der Waals surface area contributed by atoms with Gasteiger partial charge in [-0.25, -0.2) is 0 Å². The van der Waals surface area contributed by atoms with Gasteiger partial charge in [0.15, 0.2) is 0 Å². The van der Waals surface area contributed by atoms with E-state index in [1.54, 1.807) is 6.08 Å². The van der Waals surface area contributed by atoms with Gasteiger partial charge in [-0.05, 0) is 12.3 Å². The third-order valence-corrected chi connectivity index (χ3v) is 2.61. The molecule has 0 aromatic heterocycles. The molecule has 0 aromatic carbocycles. The van der Waals surface area contributed by atoms with Gasteiger partial charge in [-0.15, -0.1) is 0 Å². The molecule has 1 N–H and O–H groups in total. The van der Waals surface area contributed by atoms with Gasteiger partial charge in [0, 0.05) is 0 Å². The summed E-state index contributed by atoms with van der Waals surface area (Å²) in [6, 6.07) is 0. The first-order chi connectivity index (χ1) is 6.57. The van der Waals surface area contributed by atoms with E-state index in [4.69, 9.17) is 5.11 Å². The summed E-state index contributed by atoms with van der Waals surface area (Å²) in [5.74, 6) is -2.73. The second-order valence-corrected chi connectivity index (χ2v) is 3.55. The zero-order chi connectivity index (χ0) is 10.7. The summed E-state index contributed by atoms with van der Waals surface area (Å²) in [4.78, 5) is 22.2. The number of allylic oxidation sites excluding steroid dienone is 1. The van der Waals surface area contributed by atoms with Crippen molar-refractivity contribution in [3.05, 3.63) is 12.2 Å². The molecule has 1 aliphatic rings. The number of esters is 1. The number of carboxylic acid groups (broad SMARTS) is 1. The molecular formula is C10H14O4. The predicted molar refractivity (Wildman–Crippen MR) is 49.6 cm³/mol. The Bertz CT molecular complexity index is 269. The number of carboxylic acids is 1. The molecule has 1 rings (SSSR count). The third kappa shape index (κ3) is 1.95. The van der Waals surface area contributed by atoms with Crippen molar-refractivity contribution in [2.24, 2.45) is 17.8 Å². The fourth-order valence-corrected chi connectivity index (χ4v) is 1.82. The summed E-state index contributed by atoms with van der Waals surface area (Å²) in [7, 11) is 1.27. The van der Waals surface area contributed by atoms with Gasteiger partial charge in [-0.3, -0.25) is 9.59 Å². The topological polar surface area (TPSA) is 63.6 Å². The van der Waals surface area contributed by atoms with Crippen molar-refractivity contribution < 1.29 is 19.4 Å². The predicted octanol–water partition coefficient (Wildman–Crippen LogP) is 1.07. The summed E-state index contributed by atoms with van der Waals surface area (Å²) < 4.78 is 4.56. The minimum atomic E-state index is -0.933. The monoisotopic (exact) mass is 198 g/mol. The maximum Gasteiger partial charge on any atom is 0.313 e. The molecule has 0 radical (unpaired) electrons. The van der Waals surface area contributed by atoms with Crippen molar-refractivity contribution in [3.8, 4) is 0 Å². The van der Waals surface area contributed by atoms with E-state index in [-0.39, 0.29) is 5.92 Å². The zero-order valence-corrected chi connectivity index (χ0v) is 8.27. The highest BCUT2D eigenvalue weighted by molar-refractivity contribution is 5.83. The Morgan fingerprint density at radius 1 is 1.50 bits per heavy atom. The van der Waals surface area contributed by atoms with E-state index in [1.165, 1.54) is 7.11 Å². The van der Waals surface area contributed by atoms with Gasteiger partial charge in [-0.1, -0.05) is 19.1 Å². The molecule has 0 fully saturated rings. The van der Waals surface area contributed by atoms with E-state index in [9.17, 15) is 9.59 Å². The van der Waals surface area contributed by atoms with Gasteiger partial charge < -0.3 is 9.84 Å².